The molecule has 0 saturated heterocycles. The summed E-state index contributed by atoms with van der Waals surface area (Å²) in [5.41, 5.74) is 1.95. The summed E-state index contributed by atoms with van der Waals surface area (Å²) in [5, 5.41) is 14.0. The van der Waals surface area contributed by atoms with Crippen LogP contribution in [-0.2, 0) is 4.79 Å². The molecule has 1 aromatic heterocycles. The van der Waals surface area contributed by atoms with Crippen LogP contribution in [0.1, 0.15) is 18.4 Å². The lowest BCUT2D eigenvalue weighted by atomic mass is 10.2. The van der Waals surface area contributed by atoms with Gasteiger partial charge in [0.25, 0.3) is 0 Å². The van der Waals surface area contributed by atoms with Crippen molar-refractivity contribution < 1.29 is 18.7 Å². The van der Waals surface area contributed by atoms with Gasteiger partial charge in [-0.3, -0.25) is 4.79 Å². The van der Waals surface area contributed by atoms with Gasteiger partial charge in [-0.25, -0.2) is 9.37 Å². The van der Waals surface area contributed by atoms with Crippen LogP contribution in [0.2, 0.25) is 0 Å². The van der Waals surface area contributed by atoms with Crippen LogP contribution in [0.4, 0.5) is 9.52 Å². The lowest BCUT2D eigenvalue weighted by molar-refractivity contribution is -0.116. The second-order valence-electron chi connectivity index (χ2n) is 6.02. The molecular formula is C21H18FN3O3S. The minimum atomic E-state index is -0.307. The highest BCUT2D eigenvalue weighted by Crippen LogP contribution is 2.28. The average molecular weight is 411 g/mol. The number of thiazole rings is 1. The van der Waals surface area contributed by atoms with Crippen molar-refractivity contribution in [2.75, 3.05) is 19.0 Å². The molecule has 3 aromatic rings. The summed E-state index contributed by atoms with van der Waals surface area (Å²) in [6.45, 7) is 0.328. The lowest BCUT2D eigenvalue weighted by Crippen LogP contribution is -2.12. The Bertz CT molecular complexity index is 1030. The van der Waals surface area contributed by atoms with Gasteiger partial charge < -0.3 is 14.8 Å². The van der Waals surface area contributed by atoms with E-state index in [0.717, 1.165) is 5.56 Å². The molecule has 0 spiro atoms. The van der Waals surface area contributed by atoms with E-state index in [9.17, 15) is 9.18 Å². The van der Waals surface area contributed by atoms with Crippen LogP contribution in [0.5, 0.6) is 11.5 Å². The quantitative estimate of drug-likeness (QED) is 0.547. The van der Waals surface area contributed by atoms with E-state index in [1.54, 1.807) is 30.3 Å². The Kier molecular flexibility index (Phi) is 6.76. The monoisotopic (exact) mass is 411 g/mol. The van der Waals surface area contributed by atoms with E-state index in [0.29, 0.717) is 40.9 Å². The summed E-state index contributed by atoms with van der Waals surface area (Å²) in [6.07, 6.45) is 0.773. The van der Waals surface area contributed by atoms with Crippen LogP contribution in [0.3, 0.4) is 0 Å². The van der Waals surface area contributed by atoms with Gasteiger partial charge in [-0.2, -0.15) is 5.26 Å². The van der Waals surface area contributed by atoms with E-state index in [1.807, 2.05) is 11.4 Å². The van der Waals surface area contributed by atoms with E-state index in [-0.39, 0.29) is 18.1 Å². The number of nitriles is 1. The number of ether oxygens (including phenoxy) is 2. The summed E-state index contributed by atoms with van der Waals surface area (Å²) >= 11 is 1.31. The van der Waals surface area contributed by atoms with Crippen molar-refractivity contribution in [2.24, 2.45) is 0 Å². The number of nitrogens with zero attached hydrogens (tertiary/aromatic N) is 2. The third kappa shape index (κ3) is 5.53. The average Bonchev–Trinajstić information content (AvgIpc) is 3.20. The Balaban J connectivity index is 1.46. The number of rotatable bonds is 8. The van der Waals surface area contributed by atoms with E-state index >= 15 is 0 Å². The van der Waals surface area contributed by atoms with Crippen LogP contribution < -0.4 is 14.8 Å². The summed E-state index contributed by atoms with van der Waals surface area (Å²) in [5.74, 6) is 0.527. The van der Waals surface area contributed by atoms with Gasteiger partial charge >= 0.3 is 0 Å². The molecule has 0 unspecified atom stereocenters. The van der Waals surface area contributed by atoms with Crippen molar-refractivity contribution in [3.63, 3.8) is 0 Å². The Morgan fingerprint density at radius 1 is 1.24 bits per heavy atom. The van der Waals surface area contributed by atoms with E-state index < -0.39 is 0 Å². The molecule has 8 heteroatoms. The molecule has 1 heterocycles. The largest absolute Gasteiger partial charge is 0.493 e. The summed E-state index contributed by atoms with van der Waals surface area (Å²) < 4.78 is 23.9. The van der Waals surface area contributed by atoms with Crippen molar-refractivity contribution in [3.8, 4) is 28.8 Å². The molecule has 2 aromatic carbocycles. The zero-order valence-electron chi connectivity index (χ0n) is 15.6. The van der Waals surface area contributed by atoms with Crippen molar-refractivity contribution in [3.05, 3.63) is 59.2 Å². The van der Waals surface area contributed by atoms with Crippen LogP contribution in [0, 0.1) is 17.1 Å². The third-order valence-electron chi connectivity index (χ3n) is 3.99. The highest BCUT2D eigenvalue weighted by atomic mass is 32.1. The number of hydrogen-bond donors (Lipinski definition) is 1. The molecule has 0 radical (unpaired) electrons. The Hall–Kier alpha value is -3.44. The van der Waals surface area contributed by atoms with Gasteiger partial charge in [-0.05, 0) is 42.8 Å². The highest BCUT2D eigenvalue weighted by Gasteiger charge is 2.10. The number of aromatic nitrogens is 1. The maximum absolute atomic E-state index is 13.0. The second kappa shape index (κ2) is 9.66. The topological polar surface area (TPSA) is 84.2 Å². The summed E-state index contributed by atoms with van der Waals surface area (Å²) in [6, 6.07) is 13.0. The zero-order chi connectivity index (χ0) is 20.6. The van der Waals surface area contributed by atoms with E-state index in [1.165, 1.54) is 30.6 Å². The van der Waals surface area contributed by atoms with Crippen LogP contribution >= 0.6 is 11.3 Å². The van der Waals surface area contributed by atoms with Gasteiger partial charge in [-0.1, -0.05) is 0 Å². The van der Waals surface area contributed by atoms with Crippen molar-refractivity contribution in [2.45, 2.75) is 12.8 Å². The zero-order valence-corrected chi connectivity index (χ0v) is 16.5. The number of carbonyl (C=O) groups is 1. The number of benzene rings is 2. The maximum Gasteiger partial charge on any atom is 0.226 e. The number of amides is 1. The lowest BCUT2D eigenvalue weighted by Gasteiger charge is -2.10. The number of anilines is 1. The molecule has 1 amide bonds. The van der Waals surface area contributed by atoms with E-state index in [2.05, 4.69) is 10.3 Å². The number of methoxy groups -OCH3 is 1. The fourth-order valence-corrected chi connectivity index (χ4v) is 3.27. The van der Waals surface area contributed by atoms with Gasteiger partial charge in [0, 0.05) is 23.4 Å². The summed E-state index contributed by atoms with van der Waals surface area (Å²) in [7, 11) is 1.50. The molecule has 148 valence electrons. The molecule has 3 rings (SSSR count). The molecule has 0 aliphatic rings. The first kappa shape index (κ1) is 20.3. The van der Waals surface area contributed by atoms with Crippen LogP contribution in [0.25, 0.3) is 11.3 Å². The minimum absolute atomic E-state index is 0.166. The third-order valence-corrected chi connectivity index (χ3v) is 4.75. The summed E-state index contributed by atoms with van der Waals surface area (Å²) in [4.78, 5) is 16.5. The Morgan fingerprint density at radius 3 is 2.76 bits per heavy atom. The molecule has 0 bridgehead atoms. The standard InChI is InChI=1S/C21H18FN3O3S/c1-27-19-11-14(12-23)4-9-18(19)28-10-2-3-20(26)25-21-24-17(13-29-21)15-5-7-16(22)8-6-15/h4-9,11,13H,2-3,10H2,1H3,(H,24,25,26). The molecule has 1 N–H and O–H groups in total. The first-order chi connectivity index (χ1) is 14.1. The first-order valence-corrected chi connectivity index (χ1v) is 9.69. The van der Waals surface area contributed by atoms with Gasteiger partial charge in [0.15, 0.2) is 16.6 Å². The van der Waals surface area contributed by atoms with Gasteiger partial charge in [0.1, 0.15) is 5.82 Å². The molecular weight excluding hydrogens is 393 g/mol. The molecule has 0 atom stereocenters. The van der Waals surface area contributed by atoms with Gasteiger partial charge in [0.2, 0.25) is 5.91 Å². The second-order valence-corrected chi connectivity index (χ2v) is 6.88. The Morgan fingerprint density at radius 2 is 2.03 bits per heavy atom. The van der Waals surface area contributed by atoms with Crippen molar-refractivity contribution >= 4 is 22.4 Å². The van der Waals surface area contributed by atoms with Crippen molar-refractivity contribution in [1.82, 2.24) is 4.98 Å². The Labute approximate surface area is 171 Å². The number of nitrogens with one attached hydrogen (secondary N) is 1. The maximum atomic E-state index is 13.0. The number of hydrogen-bond acceptors (Lipinski definition) is 6. The molecule has 0 aliphatic heterocycles. The highest BCUT2D eigenvalue weighted by molar-refractivity contribution is 7.14. The number of carbonyl (C=O) groups excluding carboxylic acids is 1. The van der Waals surface area contributed by atoms with Gasteiger partial charge in [-0.15, -0.1) is 11.3 Å². The predicted molar refractivity (Wildman–Crippen MR) is 109 cm³/mol. The molecule has 29 heavy (non-hydrogen) atoms. The number of halogens is 1. The fourth-order valence-electron chi connectivity index (χ4n) is 2.54. The fraction of sp³-hybridized carbons (Fsp3) is 0.190. The minimum Gasteiger partial charge on any atom is -0.493 e. The van der Waals surface area contributed by atoms with E-state index in [4.69, 9.17) is 14.7 Å². The SMILES string of the molecule is COc1cc(C#N)ccc1OCCCC(=O)Nc1nc(-c2ccc(F)cc2)cs1. The molecule has 0 saturated carbocycles. The van der Waals surface area contributed by atoms with Crippen molar-refractivity contribution in [1.29, 1.82) is 5.26 Å². The first-order valence-electron chi connectivity index (χ1n) is 8.81. The van der Waals surface area contributed by atoms with Crippen LogP contribution in [0.15, 0.2) is 47.8 Å². The smallest absolute Gasteiger partial charge is 0.226 e. The predicted octanol–water partition coefficient (Wildman–Crippen LogP) is 4.63. The van der Waals surface area contributed by atoms with Gasteiger partial charge in [0.05, 0.1) is 31.0 Å². The normalized spacial score (nSPS) is 10.2. The molecule has 0 aliphatic carbocycles. The van der Waals surface area contributed by atoms with Crippen LogP contribution in [-0.4, -0.2) is 24.6 Å². The molecule has 0 fully saturated rings. The molecule has 6 nitrogen and oxygen atoms in total.